The molecule has 1 atom stereocenters. The van der Waals surface area contributed by atoms with E-state index in [0.29, 0.717) is 12.8 Å². The van der Waals surface area contributed by atoms with Crippen LogP contribution in [-0.4, -0.2) is 59.4 Å². The monoisotopic (exact) mass is 660 g/mol. The van der Waals surface area contributed by atoms with E-state index in [2.05, 4.69) is 37.4 Å². The highest BCUT2D eigenvalue weighted by Gasteiger charge is 2.16. The fourth-order valence-electron chi connectivity index (χ4n) is 5.16. The Hall–Kier alpha value is -0.400. The lowest BCUT2D eigenvalue weighted by molar-refractivity contribution is -0.161. The maximum atomic E-state index is 12.1. The number of unbranched alkanes of at least 4 members (excludes halogenated alkanes) is 20. The summed E-state index contributed by atoms with van der Waals surface area (Å²) in [5.41, 5.74) is 0. The van der Waals surface area contributed by atoms with Crippen LogP contribution < -0.4 is 0 Å². The highest BCUT2D eigenvalue weighted by molar-refractivity contribution is 7.99. The molecule has 0 aliphatic carbocycles. The number of ether oxygens (including phenoxy) is 2. The summed E-state index contributed by atoms with van der Waals surface area (Å²) in [5.74, 6) is 4.69. The summed E-state index contributed by atoms with van der Waals surface area (Å²) in [7, 11) is 0. The number of aliphatic hydroxyl groups excluding tert-OH is 1. The van der Waals surface area contributed by atoms with Crippen molar-refractivity contribution in [3.63, 3.8) is 0 Å². The number of carbonyl (C=O) groups is 2. The lowest BCUT2D eigenvalue weighted by Crippen LogP contribution is -2.28. The molecule has 0 fully saturated rings. The van der Waals surface area contributed by atoms with Gasteiger partial charge in [0.2, 0.25) is 0 Å². The number of rotatable bonds is 36. The Morgan fingerprint density at radius 2 is 0.841 bits per heavy atom. The fourth-order valence-corrected chi connectivity index (χ4v) is 7.20. The summed E-state index contributed by atoms with van der Waals surface area (Å²) >= 11 is 4.23. The summed E-state index contributed by atoms with van der Waals surface area (Å²) in [6.07, 6.45) is 29.9. The number of aliphatic hydroxyl groups is 1. The number of esters is 2. The molecular formula is C37H72O5S2. The molecule has 0 saturated carbocycles. The summed E-state index contributed by atoms with van der Waals surface area (Å²) in [5, 5.41) is 9.54. The summed E-state index contributed by atoms with van der Waals surface area (Å²) < 4.78 is 10.6. The van der Waals surface area contributed by atoms with Gasteiger partial charge in [0.15, 0.2) is 6.10 Å². The van der Waals surface area contributed by atoms with Gasteiger partial charge in [-0.1, -0.05) is 129 Å². The van der Waals surface area contributed by atoms with Crippen LogP contribution >= 0.6 is 23.5 Å². The largest absolute Gasteiger partial charge is 0.462 e. The van der Waals surface area contributed by atoms with Crippen LogP contribution in [0.3, 0.4) is 0 Å². The van der Waals surface area contributed by atoms with Gasteiger partial charge in [-0.25, -0.2) is 0 Å². The van der Waals surface area contributed by atoms with Crippen LogP contribution in [0.1, 0.15) is 181 Å². The van der Waals surface area contributed by atoms with Crippen molar-refractivity contribution in [1.29, 1.82) is 0 Å². The predicted molar refractivity (Wildman–Crippen MR) is 194 cm³/mol. The summed E-state index contributed by atoms with van der Waals surface area (Å²) in [4.78, 5) is 24.2. The van der Waals surface area contributed by atoms with Crippen LogP contribution in [-0.2, 0) is 19.1 Å². The molecular weight excluding hydrogens is 589 g/mol. The Morgan fingerprint density at radius 1 is 0.500 bits per heavy atom. The fraction of sp³-hybridized carbons (Fsp3) is 0.946. The Labute approximate surface area is 281 Å². The van der Waals surface area contributed by atoms with Crippen molar-refractivity contribution in [2.45, 2.75) is 187 Å². The second kappa shape index (κ2) is 37.1. The molecule has 0 aliphatic rings. The molecule has 0 saturated heterocycles. The molecule has 0 rings (SSSR count). The first-order valence-electron chi connectivity index (χ1n) is 18.7. The van der Waals surface area contributed by atoms with E-state index in [4.69, 9.17) is 9.47 Å². The molecule has 44 heavy (non-hydrogen) atoms. The summed E-state index contributed by atoms with van der Waals surface area (Å²) in [6, 6.07) is 0. The van der Waals surface area contributed by atoms with Crippen LogP contribution in [0.25, 0.3) is 0 Å². The van der Waals surface area contributed by atoms with Gasteiger partial charge in [-0.3, -0.25) is 9.59 Å². The van der Waals surface area contributed by atoms with Crippen molar-refractivity contribution in [2.24, 2.45) is 0 Å². The van der Waals surface area contributed by atoms with Gasteiger partial charge < -0.3 is 14.6 Å². The lowest BCUT2D eigenvalue weighted by atomic mass is 10.1. The molecule has 0 aromatic heterocycles. The maximum absolute atomic E-state index is 12.1. The molecule has 1 unspecified atom stereocenters. The molecule has 0 aliphatic heterocycles. The van der Waals surface area contributed by atoms with E-state index in [1.165, 1.54) is 139 Å². The van der Waals surface area contributed by atoms with Gasteiger partial charge in [0.05, 0.1) is 6.61 Å². The molecule has 0 spiro atoms. The third-order valence-electron chi connectivity index (χ3n) is 8.06. The van der Waals surface area contributed by atoms with Crippen molar-refractivity contribution >= 4 is 35.5 Å². The van der Waals surface area contributed by atoms with E-state index >= 15 is 0 Å². The van der Waals surface area contributed by atoms with E-state index < -0.39 is 6.10 Å². The molecule has 7 heteroatoms. The van der Waals surface area contributed by atoms with E-state index in [0.717, 1.165) is 38.5 Å². The van der Waals surface area contributed by atoms with E-state index in [-0.39, 0.29) is 25.2 Å². The number of carbonyl (C=O) groups excluding carboxylic acids is 2. The van der Waals surface area contributed by atoms with Gasteiger partial charge in [0, 0.05) is 12.8 Å². The van der Waals surface area contributed by atoms with Gasteiger partial charge >= 0.3 is 11.9 Å². The Morgan fingerprint density at radius 3 is 1.23 bits per heavy atom. The van der Waals surface area contributed by atoms with Crippen molar-refractivity contribution < 1.29 is 24.2 Å². The van der Waals surface area contributed by atoms with Crippen LogP contribution in [0.2, 0.25) is 0 Å². The van der Waals surface area contributed by atoms with Crippen molar-refractivity contribution in [2.75, 3.05) is 36.2 Å². The molecule has 0 aromatic rings. The zero-order valence-corrected chi connectivity index (χ0v) is 30.7. The second-order valence-corrected chi connectivity index (χ2v) is 14.9. The van der Waals surface area contributed by atoms with Gasteiger partial charge in [0.1, 0.15) is 6.61 Å². The lowest BCUT2D eigenvalue weighted by Gasteiger charge is -2.15. The van der Waals surface area contributed by atoms with Crippen molar-refractivity contribution in [3.05, 3.63) is 0 Å². The quantitative estimate of drug-likeness (QED) is 0.0529. The van der Waals surface area contributed by atoms with Crippen LogP contribution in [0.5, 0.6) is 0 Å². The van der Waals surface area contributed by atoms with E-state index in [1.807, 2.05) is 0 Å². The number of hydrogen-bond donors (Lipinski definition) is 1. The smallest absolute Gasteiger partial charge is 0.306 e. The predicted octanol–water partition coefficient (Wildman–Crippen LogP) is 11.1. The van der Waals surface area contributed by atoms with E-state index in [1.54, 1.807) is 0 Å². The van der Waals surface area contributed by atoms with Gasteiger partial charge in [-0.05, 0) is 61.5 Å². The number of hydrogen-bond acceptors (Lipinski definition) is 7. The molecule has 0 radical (unpaired) electrons. The third-order valence-corrected chi connectivity index (χ3v) is 10.4. The second-order valence-electron chi connectivity index (χ2n) is 12.5. The molecule has 1 N–H and O–H groups in total. The SMILES string of the molecule is CCCCCCSCCCCCCCCCCC(=O)OCC(CO)OC(=O)CCCCCCCCCCSCCCCCC. The first kappa shape index (κ1) is 43.6. The topological polar surface area (TPSA) is 72.8 Å². The zero-order chi connectivity index (χ0) is 32.2. The van der Waals surface area contributed by atoms with Crippen molar-refractivity contribution in [1.82, 2.24) is 0 Å². The Bertz CT molecular complexity index is 604. The van der Waals surface area contributed by atoms with E-state index in [9.17, 15) is 14.7 Å². The first-order chi connectivity index (χ1) is 21.6. The highest BCUT2D eigenvalue weighted by Crippen LogP contribution is 2.15. The Balaban J connectivity index is 3.49. The Kier molecular flexibility index (Phi) is 36.7. The van der Waals surface area contributed by atoms with Crippen LogP contribution in [0, 0.1) is 0 Å². The minimum atomic E-state index is -0.764. The minimum absolute atomic E-state index is 0.0601. The molecule has 0 heterocycles. The van der Waals surface area contributed by atoms with Crippen LogP contribution in [0.4, 0.5) is 0 Å². The molecule has 0 aromatic carbocycles. The standard InChI is InChI=1S/C37H72O5S2/c1-3-5-7-23-29-43-31-25-19-15-11-9-13-17-21-27-36(39)41-34-35(33-38)42-37(40)28-22-18-14-10-12-16-20-26-32-44-30-24-8-6-4-2/h35,38H,3-34H2,1-2H3. The molecule has 262 valence electrons. The van der Waals surface area contributed by atoms with Crippen molar-refractivity contribution in [3.8, 4) is 0 Å². The summed E-state index contributed by atoms with van der Waals surface area (Å²) in [6.45, 7) is 4.14. The van der Waals surface area contributed by atoms with Gasteiger partial charge in [-0.2, -0.15) is 23.5 Å². The molecule has 0 bridgehead atoms. The minimum Gasteiger partial charge on any atom is -0.462 e. The third kappa shape index (κ3) is 34.5. The molecule has 0 amide bonds. The molecule has 5 nitrogen and oxygen atoms in total. The van der Waals surface area contributed by atoms with Gasteiger partial charge in [0.25, 0.3) is 0 Å². The maximum Gasteiger partial charge on any atom is 0.306 e. The average Bonchev–Trinajstić information content (AvgIpc) is 3.02. The average molecular weight is 661 g/mol. The zero-order valence-electron chi connectivity index (χ0n) is 29.1. The van der Waals surface area contributed by atoms with Gasteiger partial charge in [-0.15, -0.1) is 0 Å². The number of thioether (sulfide) groups is 2. The highest BCUT2D eigenvalue weighted by atomic mass is 32.2. The van der Waals surface area contributed by atoms with Crippen LogP contribution in [0.15, 0.2) is 0 Å². The first-order valence-corrected chi connectivity index (χ1v) is 21.1. The normalized spacial score (nSPS) is 12.0.